The molecule has 1 amide bonds. The molecular formula is C14H21ClN2O2. The molecule has 1 rings (SSSR count). The SMILES string of the molecule is CCOc1ccc(Cl)cc1NC(=O)[C@H](N)CC(C)C. The molecule has 0 bridgehead atoms. The molecule has 3 N–H and O–H groups in total. The summed E-state index contributed by atoms with van der Waals surface area (Å²) in [7, 11) is 0. The number of carbonyl (C=O) groups is 1. The standard InChI is InChI=1S/C14H21ClN2O2/c1-4-19-13-6-5-10(15)8-12(13)17-14(18)11(16)7-9(2)3/h5-6,8-9,11H,4,7,16H2,1-3H3,(H,17,18)/t11-/m1/s1. The third kappa shape index (κ3) is 5.09. The fourth-order valence-electron chi connectivity index (χ4n) is 1.72. The van der Waals surface area contributed by atoms with Crippen LogP contribution in [0.5, 0.6) is 5.75 Å². The average Bonchev–Trinajstić information content (AvgIpc) is 2.32. The first kappa shape index (κ1) is 15.8. The van der Waals surface area contributed by atoms with Gasteiger partial charge in [0.05, 0.1) is 18.3 Å². The molecular weight excluding hydrogens is 264 g/mol. The van der Waals surface area contributed by atoms with E-state index in [0.717, 1.165) is 0 Å². The maximum absolute atomic E-state index is 12.0. The number of amides is 1. The molecule has 0 aliphatic rings. The van der Waals surface area contributed by atoms with Gasteiger partial charge in [-0.25, -0.2) is 0 Å². The van der Waals surface area contributed by atoms with Gasteiger partial charge in [-0.2, -0.15) is 0 Å². The van der Waals surface area contributed by atoms with Crippen molar-refractivity contribution < 1.29 is 9.53 Å². The molecule has 4 nitrogen and oxygen atoms in total. The number of anilines is 1. The van der Waals surface area contributed by atoms with E-state index in [2.05, 4.69) is 5.32 Å². The van der Waals surface area contributed by atoms with Crippen molar-refractivity contribution in [3.05, 3.63) is 23.2 Å². The number of rotatable bonds is 6. The monoisotopic (exact) mass is 284 g/mol. The van der Waals surface area contributed by atoms with Crippen molar-refractivity contribution >= 4 is 23.2 Å². The van der Waals surface area contributed by atoms with E-state index in [1.807, 2.05) is 20.8 Å². The molecule has 0 fully saturated rings. The fraction of sp³-hybridized carbons (Fsp3) is 0.500. The Morgan fingerprint density at radius 1 is 1.47 bits per heavy atom. The largest absolute Gasteiger partial charge is 0.492 e. The van der Waals surface area contributed by atoms with Gasteiger partial charge in [0.15, 0.2) is 0 Å². The van der Waals surface area contributed by atoms with Crippen molar-refractivity contribution in [2.75, 3.05) is 11.9 Å². The van der Waals surface area contributed by atoms with Gasteiger partial charge in [-0.05, 0) is 37.5 Å². The molecule has 0 unspecified atom stereocenters. The van der Waals surface area contributed by atoms with E-state index >= 15 is 0 Å². The highest BCUT2D eigenvalue weighted by Crippen LogP contribution is 2.28. The number of halogens is 1. The van der Waals surface area contributed by atoms with E-state index in [1.54, 1.807) is 18.2 Å². The normalized spacial score (nSPS) is 12.3. The predicted octanol–water partition coefficient (Wildman–Crippen LogP) is 3.05. The summed E-state index contributed by atoms with van der Waals surface area (Å²) in [6.45, 7) is 6.45. The van der Waals surface area contributed by atoms with Gasteiger partial charge in [0.1, 0.15) is 5.75 Å². The molecule has 106 valence electrons. The van der Waals surface area contributed by atoms with Crippen LogP contribution in [0.1, 0.15) is 27.2 Å². The Labute approximate surface area is 119 Å². The summed E-state index contributed by atoms with van der Waals surface area (Å²) >= 11 is 5.93. The second kappa shape index (κ2) is 7.36. The quantitative estimate of drug-likeness (QED) is 0.844. The van der Waals surface area contributed by atoms with Gasteiger partial charge < -0.3 is 15.8 Å². The highest BCUT2D eigenvalue weighted by atomic mass is 35.5. The molecule has 0 heterocycles. The van der Waals surface area contributed by atoms with E-state index in [4.69, 9.17) is 22.1 Å². The number of ether oxygens (including phenoxy) is 1. The summed E-state index contributed by atoms with van der Waals surface area (Å²) in [5, 5.41) is 3.31. The van der Waals surface area contributed by atoms with E-state index in [0.29, 0.717) is 35.4 Å². The van der Waals surface area contributed by atoms with E-state index in [1.165, 1.54) is 0 Å². The van der Waals surface area contributed by atoms with Crippen LogP contribution in [0.4, 0.5) is 5.69 Å². The zero-order chi connectivity index (χ0) is 14.4. The molecule has 0 spiro atoms. The van der Waals surface area contributed by atoms with Gasteiger partial charge >= 0.3 is 0 Å². The highest BCUT2D eigenvalue weighted by Gasteiger charge is 2.17. The summed E-state index contributed by atoms with van der Waals surface area (Å²) in [5.41, 5.74) is 6.40. The highest BCUT2D eigenvalue weighted by molar-refractivity contribution is 6.31. The number of benzene rings is 1. The molecule has 0 saturated heterocycles. The van der Waals surface area contributed by atoms with Gasteiger partial charge in [0, 0.05) is 5.02 Å². The topological polar surface area (TPSA) is 64.3 Å². The second-order valence-electron chi connectivity index (χ2n) is 4.80. The predicted molar refractivity (Wildman–Crippen MR) is 78.7 cm³/mol. The Hall–Kier alpha value is -1.26. The molecule has 0 aliphatic carbocycles. The summed E-state index contributed by atoms with van der Waals surface area (Å²) < 4.78 is 5.44. The Bertz CT molecular complexity index is 435. The molecule has 5 heteroatoms. The Balaban J connectivity index is 2.80. The zero-order valence-electron chi connectivity index (χ0n) is 11.6. The molecule has 0 saturated carbocycles. The van der Waals surface area contributed by atoms with Crippen molar-refractivity contribution in [2.24, 2.45) is 11.7 Å². The zero-order valence-corrected chi connectivity index (χ0v) is 12.3. The number of hydrogen-bond donors (Lipinski definition) is 2. The van der Waals surface area contributed by atoms with Crippen molar-refractivity contribution in [2.45, 2.75) is 33.2 Å². The maximum atomic E-state index is 12.0. The first-order valence-corrected chi connectivity index (χ1v) is 6.80. The Morgan fingerprint density at radius 2 is 2.16 bits per heavy atom. The minimum absolute atomic E-state index is 0.225. The van der Waals surface area contributed by atoms with E-state index < -0.39 is 6.04 Å². The van der Waals surface area contributed by atoms with Gasteiger partial charge in [-0.3, -0.25) is 4.79 Å². The third-order valence-electron chi connectivity index (χ3n) is 2.56. The molecule has 1 atom stereocenters. The van der Waals surface area contributed by atoms with Crippen molar-refractivity contribution in [3.63, 3.8) is 0 Å². The lowest BCUT2D eigenvalue weighted by molar-refractivity contribution is -0.117. The smallest absolute Gasteiger partial charge is 0.241 e. The third-order valence-corrected chi connectivity index (χ3v) is 2.80. The lowest BCUT2D eigenvalue weighted by Gasteiger charge is -2.16. The molecule has 19 heavy (non-hydrogen) atoms. The van der Waals surface area contributed by atoms with E-state index in [9.17, 15) is 4.79 Å². The molecule has 1 aromatic carbocycles. The fourth-order valence-corrected chi connectivity index (χ4v) is 1.89. The summed E-state index contributed by atoms with van der Waals surface area (Å²) in [6, 6.07) is 4.58. The van der Waals surface area contributed by atoms with Crippen LogP contribution in [0, 0.1) is 5.92 Å². The second-order valence-corrected chi connectivity index (χ2v) is 5.24. The summed E-state index contributed by atoms with van der Waals surface area (Å²) in [6.07, 6.45) is 0.635. The number of nitrogens with two attached hydrogens (primary N) is 1. The molecule has 0 radical (unpaired) electrons. The number of hydrogen-bond acceptors (Lipinski definition) is 3. The van der Waals surface area contributed by atoms with Crippen LogP contribution in [-0.2, 0) is 4.79 Å². The number of carbonyl (C=O) groups excluding carboxylic acids is 1. The van der Waals surface area contributed by atoms with Crippen molar-refractivity contribution in [1.82, 2.24) is 0 Å². The van der Waals surface area contributed by atoms with Crippen LogP contribution in [0.2, 0.25) is 5.02 Å². The van der Waals surface area contributed by atoms with Crippen LogP contribution in [-0.4, -0.2) is 18.6 Å². The van der Waals surface area contributed by atoms with Crippen LogP contribution < -0.4 is 15.8 Å². The van der Waals surface area contributed by atoms with Gasteiger partial charge in [-0.1, -0.05) is 25.4 Å². The Kier molecular flexibility index (Phi) is 6.12. The lowest BCUT2D eigenvalue weighted by Crippen LogP contribution is -2.36. The van der Waals surface area contributed by atoms with Crippen LogP contribution in [0.3, 0.4) is 0 Å². The minimum Gasteiger partial charge on any atom is -0.492 e. The van der Waals surface area contributed by atoms with Crippen LogP contribution >= 0.6 is 11.6 Å². The number of nitrogens with one attached hydrogen (secondary N) is 1. The average molecular weight is 285 g/mol. The molecule has 0 aromatic heterocycles. The van der Waals surface area contributed by atoms with Crippen LogP contribution in [0.25, 0.3) is 0 Å². The van der Waals surface area contributed by atoms with Gasteiger partial charge in [0.25, 0.3) is 0 Å². The van der Waals surface area contributed by atoms with Crippen LogP contribution in [0.15, 0.2) is 18.2 Å². The molecule has 0 aliphatic heterocycles. The lowest BCUT2D eigenvalue weighted by atomic mass is 10.0. The maximum Gasteiger partial charge on any atom is 0.241 e. The molecule has 1 aromatic rings. The van der Waals surface area contributed by atoms with Gasteiger partial charge in [0.2, 0.25) is 5.91 Å². The first-order valence-electron chi connectivity index (χ1n) is 6.42. The summed E-state index contributed by atoms with van der Waals surface area (Å²) in [5.74, 6) is 0.736. The van der Waals surface area contributed by atoms with Crippen molar-refractivity contribution in [1.29, 1.82) is 0 Å². The first-order chi connectivity index (χ1) is 8.93. The Morgan fingerprint density at radius 3 is 2.74 bits per heavy atom. The van der Waals surface area contributed by atoms with E-state index in [-0.39, 0.29) is 5.91 Å². The summed E-state index contributed by atoms with van der Waals surface area (Å²) in [4.78, 5) is 12.0. The van der Waals surface area contributed by atoms with Gasteiger partial charge in [-0.15, -0.1) is 0 Å². The minimum atomic E-state index is -0.534. The van der Waals surface area contributed by atoms with Crippen molar-refractivity contribution in [3.8, 4) is 5.75 Å².